The third-order valence-corrected chi connectivity index (χ3v) is 6.05. The van der Waals surface area contributed by atoms with Crippen LogP contribution in [0.3, 0.4) is 0 Å². The molecule has 2 rings (SSSR count). The van der Waals surface area contributed by atoms with Crippen LogP contribution < -0.4 is 5.73 Å². The number of likely N-dealkylation sites (tertiary alicyclic amines) is 1. The number of nitrogens with two attached hydrogens (primary N) is 1. The zero-order chi connectivity index (χ0) is 14.0. The van der Waals surface area contributed by atoms with Gasteiger partial charge in [-0.3, -0.25) is 4.90 Å². The summed E-state index contributed by atoms with van der Waals surface area (Å²) in [5.74, 6) is 0.831. The number of rotatable bonds is 3. The zero-order valence-electron chi connectivity index (χ0n) is 13.4. The average molecular weight is 267 g/mol. The Labute approximate surface area is 119 Å². The molecule has 0 amide bonds. The van der Waals surface area contributed by atoms with Gasteiger partial charge in [-0.2, -0.15) is 0 Å². The lowest BCUT2D eigenvalue weighted by atomic mass is 9.77. The van der Waals surface area contributed by atoms with E-state index in [2.05, 4.69) is 37.7 Å². The second-order valence-corrected chi connectivity index (χ2v) is 7.15. The largest absolute Gasteiger partial charge is 0.329 e. The van der Waals surface area contributed by atoms with Gasteiger partial charge in [0.25, 0.3) is 0 Å². The molecule has 1 aliphatic heterocycles. The molecule has 4 unspecified atom stereocenters. The summed E-state index contributed by atoms with van der Waals surface area (Å²) in [5.41, 5.74) is 6.48. The number of hydrogen-bond acceptors (Lipinski definition) is 3. The van der Waals surface area contributed by atoms with Crippen LogP contribution in [0.4, 0.5) is 0 Å². The fourth-order valence-electron chi connectivity index (χ4n) is 4.29. The molecular weight excluding hydrogens is 234 g/mol. The highest BCUT2D eigenvalue weighted by Crippen LogP contribution is 2.37. The quantitative estimate of drug-likeness (QED) is 0.852. The van der Waals surface area contributed by atoms with Crippen LogP contribution in [0.2, 0.25) is 0 Å². The third kappa shape index (κ3) is 2.98. The summed E-state index contributed by atoms with van der Waals surface area (Å²) in [6.07, 6.45) is 8.02. The monoisotopic (exact) mass is 267 g/mol. The fourth-order valence-corrected chi connectivity index (χ4v) is 4.29. The van der Waals surface area contributed by atoms with Gasteiger partial charge in [0.1, 0.15) is 0 Å². The van der Waals surface area contributed by atoms with Crippen molar-refractivity contribution in [3.05, 3.63) is 0 Å². The van der Waals surface area contributed by atoms with Gasteiger partial charge in [0, 0.05) is 24.2 Å². The van der Waals surface area contributed by atoms with Crippen LogP contribution in [-0.2, 0) is 0 Å². The molecule has 0 radical (unpaired) electrons. The van der Waals surface area contributed by atoms with Crippen molar-refractivity contribution < 1.29 is 0 Å². The third-order valence-electron chi connectivity index (χ3n) is 6.05. The average Bonchev–Trinajstić information content (AvgIpc) is 2.42. The molecule has 112 valence electrons. The van der Waals surface area contributed by atoms with Crippen LogP contribution in [0.5, 0.6) is 0 Å². The molecule has 0 aromatic carbocycles. The van der Waals surface area contributed by atoms with Gasteiger partial charge in [-0.1, -0.05) is 19.8 Å². The van der Waals surface area contributed by atoms with E-state index in [0.717, 1.165) is 18.5 Å². The fraction of sp³-hybridized carbons (Fsp3) is 1.00. The number of piperidine rings is 1. The maximum atomic E-state index is 6.24. The van der Waals surface area contributed by atoms with Crippen molar-refractivity contribution in [3.8, 4) is 0 Å². The molecule has 4 atom stereocenters. The van der Waals surface area contributed by atoms with Crippen LogP contribution in [0.15, 0.2) is 0 Å². The Hall–Kier alpha value is -0.120. The molecule has 1 aliphatic carbocycles. The molecule has 3 nitrogen and oxygen atoms in total. The Kier molecular flexibility index (Phi) is 4.91. The van der Waals surface area contributed by atoms with Crippen molar-refractivity contribution in [1.82, 2.24) is 9.80 Å². The van der Waals surface area contributed by atoms with Gasteiger partial charge < -0.3 is 10.6 Å². The summed E-state index contributed by atoms with van der Waals surface area (Å²) in [5, 5.41) is 0. The summed E-state index contributed by atoms with van der Waals surface area (Å²) in [6.45, 7) is 6.78. The molecule has 0 bridgehead atoms. The summed E-state index contributed by atoms with van der Waals surface area (Å²) < 4.78 is 0. The zero-order valence-corrected chi connectivity index (χ0v) is 13.4. The van der Waals surface area contributed by atoms with E-state index < -0.39 is 0 Å². The minimum Gasteiger partial charge on any atom is -0.329 e. The molecule has 0 spiro atoms. The van der Waals surface area contributed by atoms with Gasteiger partial charge in [0.2, 0.25) is 0 Å². The molecule has 2 fully saturated rings. The first-order chi connectivity index (χ1) is 9.00. The molecule has 3 heteroatoms. The lowest BCUT2D eigenvalue weighted by molar-refractivity contribution is -0.0224. The van der Waals surface area contributed by atoms with Crippen LogP contribution in [0.25, 0.3) is 0 Å². The Morgan fingerprint density at radius 2 is 1.95 bits per heavy atom. The van der Waals surface area contributed by atoms with E-state index in [0.29, 0.717) is 6.04 Å². The summed E-state index contributed by atoms with van der Waals surface area (Å²) >= 11 is 0. The molecule has 2 N–H and O–H groups in total. The lowest BCUT2D eigenvalue weighted by Gasteiger charge is -2.53. The molecular formula is C16H33N3. The van der Waals surface area contributed by atoms with Crippen molar-refractivity contribution >= 4 is 0 Å². The smallest absolute Gasteiger partial charge is 0.0358 e. The first kappa shape index (κ1) is 15.3. The van der Waals surface area contributed by atoms with E-state index >= 15 is 0 Å². The maximum Gasteiger partial charge on any atom is 0.0358 e. The second kappa shape index (κ2) is 6.11. The molecule has 1 saturated carbocycles. The molecule has 2 aliphatic rings. The molecule has 1 saturated heterocycles. The second-order valence-electron chi connectivity index (χ2n) is 7.15. The van der Waals surface area contributed by atoms with E-state index in [9.17, 15) is 0 Å². The van der Waals surface area contributed by atoms with Crippen LogP contribution in [-0.4, -0.2) is 54.6 Å². The Morgan fingerprint density at radius 1 is 1.26 bits per heavy atom. The van der Waals surface area contributed by atoms with E-state index in [-0.39, 0.29) is 5.54 Å². The highest BCUT2D eigenvalue weighted by Gasteiger charge is 2.43. The molecule has 0 aromatic heterocycles. The number of hydrogen-bond donors (Lipinski definition) is 1. The highest BCUT2D eigenvalue weighted by molar-refractivity contribution is 5.00. The Morgan fingerprint density at radius 3 is 2.53 bits per heavy atom. The Balaban J connectivity index is 2.11. The first-order valence-electron chi connectivity index (χ1n) is 8.13. The van der Waals surface area contributed by atoms with E-state index in [4.69, 9.17) is 5.73 Å². The summed E-state index contributed by atoms with van der Waals surface area (Å²) in [6, 6.07) is 1.39. The van der Waals surface area contributed by atoms with Crippen molar-refractivity contribution in [1.29, 1.82) is 0 Å². The van der Waals surface area contributed by atoms with Crippen LogP contribution >= 0.6 is 0 Å². The van der Waals surface area contributed by atoms with E-state index in [1.54, 1.807) is 0 Å². The SMILES string of the molecule is CC1CCCCC1N(C)C1(CN)CCN(C)C(C)C1. The van der Waals surface area contributed by atoms with Crippen LogP contribution in [0, 0.1) is 5.92 Å². The summed E-state index contributed by atoms with van der Waals surface area (Å²) in [7, 11) is 4.59. The van der Waals surface area contributed by atoms with Crippen molar-refractivity contribution in [2.75, 3.05) is 27.2 Å². The van der Waals surface area contributed by atoms with Gasteiger partial charge in [-0.25, -0.2) is 0 Å². The van der Waals surface area contributed by atoms with Gasteiger partial charge in [-0.15, -0.1) is 0 Å². The van der Waals surface area contributed by atoms with Gasteiger partial charge >= 0.3 is 0 Å². The van der Waals surface area contributed by atoms with Crippen molar-refractivity contribution in [2.45, 2.75) is 70.0 Å². The highest BCUT2D eigenvalue weighted by atomic mass is 15.3. The minimum atomic E-state index is 0.238. The molecule has 19 heavy (non-hydrogen) atoms. The standard InChI is InChI=1S/C16H33N3/c1-13-7-5-6-8-15(13)19(4)16(12-17)9-10-18(3)14(2)11-16/h13-15H,5-12,17H2,1-4H3. The maximum absolute atomic E-state index is 6.24. The molecule has 0 aromatic rings. The predicted octanol–water partition coefficient (Wildman–Crippen LogP) is 2.31. The van der Waals surface area contributed by atoms with Gasteiger partial charge in [0.15, 0.2) is 0 Å². The van der Waals surface area contributed by atoms with Gasteiger partial charge in [0.05, 0.1) is 0 Å². The van der Waals surface area contributed by atoms with Crippen LogP contribution in [0.1, 0.15) is 52.4 Å². The van der Waals surface area contributed by atoms with Crippen molar-refractivity contribution in [3.63, 3.8) is 0 Å². The van der Waals surface area contributed by atoms with E-state index in [1.807, 2.05) is 0 Å². The normalized spacial score (nSPS) is 41.7. The lowest BCUT2D eigenvalue weighted by Crippen LogP contribution is -2.63. The predicted molar refractivity (Wildman–Crippen MR) is 82.3 cm³/mol. The number of likely N-dealkylation sites (N-methyl/N-ethyl adjacent to an activating group) is 1. The van der Waals surface area contributed by atoms with Crippen molar-refractivity contribution in [2.24, 2.45) is 11.7 Å². The first-order valence-corrected chi connectivity index (χ1v) is 8.13. The summed E-state index contributed by atoms with van der Waals surface area (Å²) in [4.78, 5) is 5.16. The van der Waals surface area contributed by atoms with E-state index in [1.165, 1.54) is 45.1 Å². The Bertz CT molecular complexity index is 294. The molecule has 1 heterocycles. The number of nitrogens with zero attached hydrogens (tertiary/aromatic N) is 2. The minimum absolute atomic E-state index is 0.238. The van der Waals surface area contributed by atoms with Gasteiger partial charge in [-0.05, 0) is 59.2 Å². The topological polar surface area (TPSA) is 32.5 Å².